The molecule has 3 rings (SSSR count). The highest BCUT2D eigenvalue weighted by molar-refractivity contribution is 8.13. The molecule has 2 aliphatic rings. The van der Waals surface area contributed by atoms with Gasteiger partial charge in [-0.05, 0) is 23.8 Å². The Labute approximate surface area is 131 Å². The van der Waals surface area contributed by atoms with E-state index >= 15 is 0 Å². The first-order chi connectivity index (χ1) is 10.2. The predicted octanol–water partition coefficient (Wildman–Crippen LogP) is 2.56. The summed E-state index contributed by atoms with van der Waals surface area (Å²) in [6, 6.07) is 5.53. The topological polar surface area (TPSA) is 51.1 Å². The van der Waals surface area contributed by atoms with E-state index in [0.717, 1.165) is 11.3 Å². The lowest BCUT2D eigenvalue weighted by atomic mass is 10.1. The number of aliphatic imine (C=N–C) groups is 1. The third-order valence-electron chi connectivity index (χ3n) is 3.04. The van der Waals surface area contributed by atoms with Crippen LogP contribution in [0.1, 0.15) is 5.56 Å². The molecule has 110 valence electrons. The lowest BCUT2D eigenvalue weighted by Gasteiger charge is -2.09. The van der Waals surface area contributed by atoms with Gasteiger partial charge in [-0.3, -0.25) is 9.69 Å². The summed E-state index contributed by atoms with van der Waals surface area (Å²) in [6.45, 7) is 0.231. The summed E-state index contributed by atoms with van der Waals surface area (Å²) < 4.78 is 10.6. The molecule has 2 aliphatic heterocycles. The van der Waals surface area contributed by atoms with Crippen molar-refractivity contribution in [2.24, 2.45) is 4.99 Å². The van der Waals surface area contributed by atoms with Crippen molar-refractivity contribution in [1.82, 2.24) is 4.90 Å². The summed E-state index contributed by atoms with van der Waals surface area (Å²) >= 11 is 7.13. The van der Waals surface area contributed by atoms with Gasteiger partial charge < -0.3 is 9.47 Å². The number of fused-ring (bicyclic) bond motifs is 1. The van der Waals surface area contributed by atoms with Gasteiger partial charge in [-0.15, -0.1) is 11.6 Å². The Balaban J connectivity index is 1.85. The lowest BCUT2D eigenvalue weighted by Crippen LogP contribution is -2.25. The van der Waals surface area contributed by atoms with Crippen molar-refractivity contribution < 1.29 is 14.3 Å². The molecule has 0 saturated heterocycles. The molecule has 1 amide bonds. The number of hydrogen-bond acceptors (Lipinski definition) is 5. The van der Waals surface area contributed by atoms with E-state index in [2.05, 4.69) is 4.99 Å². The zero-order valence-corrected chi connectivity index (χ0v) is 12.9. The van der Waals surface area contributed by atoms with E-state index in [1.807, 2.05) is 18.2 Å². The maximum atomic E-state index is 12.2. The van der Waals surface area contributed by atoms with Crippen LogP contribution in [0, 0.1) is 0 Å². The van der Waals surface area contributed by atoms with Crippen LogP contribution in [0.15, 0.2) is 28.9 Å². The minimum atomic E-state index is -0.121. The number of rotatable bonds is 3. The molecule has 0 aliphatic carbocycles. The van der Waals surface area contributed by atoms with E-state index in [-0.39, 0.29) is 12.7 Å². The van der Waals surface area contributed by atoms with Crippen LogP contribution in [0.4, 0.5) is 0 Å². The minimum Gasteiger partial charge on any atom is -0.454 e. The molecular formula is C14H13ClN2O3S. The number of halogens is 1. The Bertz CT molecular complexity index is 645. The van der Waals surface area contributed by atoms with Gasteiger partial charge >= 0.3 is 0 Å². The van der Waals surface area contributed by atoms with E-state index in [0.29, 0.717) is 28.2 Å². The van der Waals surface area contributed by atoms with Crippen LogP contribution in [0.2, 0.25) is 0 Å². The van der Waals surface area contributed by atoms with Gasteiger partial charge in [0.25, 0.3) is 5.91 Å². The molecule has 0 radical (unpaired) electrons. The number of ether oxygens (including phenoxy) is 2. The molecule has 0 atom stereocenters. The SMILES string of the molecule is CN1C(=O)/C(=C\c2ccc3c(c2)OCO3)N=C1SCCCl. The summed E-state index contributed by atoms with van der Waals surface area (Å²) in [6.07, 6.45) is 1.75. The third kappa shape index (κ3) is 2.87. The Morgan fingerprint density at radius 2 is 2.24 bits per heavy atom. The van der Waals surface area contributed by atoms with E-state index < -0.39 is 0 Å². The fourth-order valence-electron chi connectivity index (χ4n) is 2.00. The molecule has 0 unspecified atom stereocenters. The quantitative estimate of drug-likeness (QED) is 0.633. The first kappa shape index (κ1) is 14.3. The maximum Gasteiger partial charge on any atom is 0.278 e. The molecule has 0 bridgehead atoms. The number of benzene rings is 1. The predicted molar refractivity (Wildman–Crippen MR) is 83.9 cm³/mol. The van der Waals surface area contributed by atoms with Crippen molar-refractivity contribution in [3.05, 3.63) is 29.5 Å². The fraction of sp³-hybridized carbons (Fsp3) is 0.286. The van der Waals surface area contributed by atoms with Crippen LogP contribution in [0.3, 0.4) is 0 Å². The molecule has 0 aromatic heterocycles. The van der Waals surface area contributed by atoms with Crippen molar-refractivity contribution >= 4 is 40.5 Å². The molecule has 0 saturated carbocycles. The molecule has 0 fully saturated rings. The molecule has 21 heavy (non-hydrogen) atoms. The van der Waals surface area contributed by atoms with Crippen LogP contribution in [0.25, 0.3) is 6.08 Å². The van der Waals surface area contributed by atoms with Crippen LogP contribution in [-0.2, 0) is 4.79 Å². The number of amidine groups is 1. The van der Waals surface area contributed by atoms with Gasteiger partial charge in [-0.1, -0.05) is 17.8 Å². The van der Waals surface area contributed by atoms with Crippen LogP contribution < -0.4 is 9.47 Å². The molecule has 0 spiro atoms. The third-order valence-corrected chi connectivity index (χ3v) is 4.48. The number of amides is 1. The number of carbonyl (C=O) groups is 1. The fourth-order valence-corrected chi connectivity index (χ4v) is 2.93. The number of carbonyl (C=O) groups excluding carboxylic acids is 1. The first-order valence-electron chi connectivity index (χ1n) is 6.36. The standard InChI is InChI=1S/C14H13ClN2O3S/c1-17-13(18)10(16-14(17)21-5-4-15)6-9-2-3-11-12(7-9)20-8-19-11/h2-3,6-7H,4-5,8H2,1H3/b10-6+. The Morgan fingerprint density at radius 3 is 3.05 bits per heavy atom. The van der Waals surface area contributed by atoms with Gasteiger partial charge in [0.2, 0.25) is 6.79 Å². The molecule has 5 nitrogen and oxygen atoms in total. The van der Waals surface area contributed by atoms with Gasteiger partial charge in [-0.2, -0.15) is 0 Å². The average Bonchev–Trinajstić information content (AvgIpc) is 3.05. The summed E-state index contributed by atoms with van der Waals surface area (Å²) in [5.74, 6) is 2.52. The van der Waals surface area contributed by atoms with Gasteiger partial charge in [0, 0.05) is 18.7 Å². The first-order valence-corrected chi connectivity index (χ1v) is 7.88. The highest BCUT2D eigenvalue weighted by atomic mass is 35.5. The molecule has 1 aromatic rings. The summed E-state index contributed by atoms with van der Waals surface area (Å²) in [5, 5.41) is 0.674. The van der Waals surface area contributed by atoms with Crippen LogP contribution >= 0.6 is 23.4 Å². The van der Waals surface area contributed by atoms with Crippen molar-refractivity contribution in [3.8, 4) is 11.5 Å². The molecule has 0 N–H and O–H groups in total. The van der Waals surface area contributed by atoms with Crippen molar-refractivity contribution in [1.29, 1.82) is 0 Å². The number of likely N-dealkylation sites (N-methyl/N-ethyl adjacent to an activating group) is 1. The van der Waals surface area contributed by atoms with Gasteiger partial charge in [0.1, 0.15) is 5.70 Å². The lowest BCUT2D eigenvalue weighted by molar-refractivity contribution is -0.121. The van der Waals surface area contributed by atoms with E-state index in [1.165, 1.54) is 16.7 Å². The second kappa shape index (κ2) is 5.99. The zero-order chi connectivity index (χ0) is 14.8. The molecular weight excluding hydrogens is 312 g/mol. The van der Waals surface area contributed by atoms with Crippen LogP contribution in [0.5, 0.6) is 11.5 Å². The van der Waals surface area contributed by atoms with Gasteiger partial charge in [0.15, 0.2) is 16.7 Å². The smallest absolute Gasteiger partial charge is 0.278 e. The monoisotopic (exact) mass is 324 g/mol. The Kier molecular flexibility index (Phi) is 4.07. The Hall–Kier alpha value is -1.66. The average molecular weight is 325 g/mol. The van der Waals surface area contributed by atoms with Gasteiger partial charge in [-0.25, -0.2) is 4.99 Å². The summed E-state index contributed by atoms with van der Waals surface area (Å²) in [4.78, 5) is 18.1. The van der Waals surface area contributed by atoms with Crippen molar-refractivity contribution in [2.45, 2.75) is 0 Å². The summed E-state index contributed by atoms with van der Waals surface area (Å²) in [5.41, 5.74) is 1.26. The highest BCUT2D eigenvalue weighted by Gasteiger charge is 2.27. The number of alkyl halides is 1. The molecule has 2 heterocycles. The van der Waals surface area contributed by atoms with E-state index in [9.17, 15) is 4.79 Å². The Morgan fingerprint density at radius 1 is 1.43 bits per heavy atom. The highest BCUT2D eigenvalue weighted by Crippen LogP contribution is 2.33. The van der Waals surface area contributed by atoms with Crippen LogP contribution in [-0.4, -0.2) is 41.4 Å². The normalized spacial score (nSPS) is 18.6. The van der Waals surface area contributed by atoms with Gasteiger partial charge in [0.05, 0.1) is 0 Å². The zero-order valence-electron chi connectivity index (χ0n) is 11.3. The minimum absolute atomic E-state index is 0.121. The second-order valence-corrected chi connectivity index (χ2v) is 5.88. The second-order valence-electron chi connectivity index (χ2n) is 4.44. The van der Waals surface area contributed by atoms with E-state index in [1.54, 1.807) is 13.1 Å². The number of hydrogen-bond donors (Lipinski definition) is 0. The van der Waals surface area contributed by atoms with E-state index in [4.69, 9.17) is 21.1 Å². The number of thioether (sulfide) groups is 1. The molecule has 1 aromatic carbocycles. The van der Waals surface area contributed by atoms with Crippen molar-refractivity contribution in [3.63, 3.8) is 0 Å². The van der Waals surface area contributed by atoms with Crippen molar-refractivity contribution in [2.75, 3.05) is 25.5 Å². The molecule has 7 heteroatoms. The maximum absolute atomic E-state index is 12.2. The number of nitrogens with zero attached hydrogens (tertiary/aromatic N) is 2. The largest absolute Gasteiger partial charge is 0.454 e. The summed E-state index contributed by atoms with van der Waals surface area (Å²) in [7, 11) is 1.71.